The summed E-state index contributed by atoms with van der Waals surface area (Å²) < 4.78 is 10.3. The van der Waals surface area contributed by atoms with Crippen LogP contribution in [-0.2, 0) is 9.47 Å². The van der Waals surface area contributed by atoms with Crippen LogP contribution >= 0.6 is 0 Å². The average Bonchev–Trinajstić information content (AvgIpc) is 2.18. The second-order valence-electron chi connectivity index (χ2n) is 3.23. The van der Waals surface area contributed by atoms with Crippen molar-refractivity contribution >= 4 is 0 Å². The molecule has 0 aliphatic rings. The molecular formula is C10H23NO3. The molecule has 4 heteroatoms. The third-order valence-corrected chi connectivity index (χ3v) is 1.87. The van der Waals surface area contributed by atoms with Crippen molar-refractivity contribution in [2.45, 2.75) is 25.8 Å². The first-order chi connectivity index (χ1) is 6.85. The van der Waals surface area contributed by atoms with Gasteiger partial charge in [-0.25, -0.2) is 0 Å². The fourth-order valence-corrected chi connectivity index (χ4v) is 1.18. The molecule has 0 rings (SSSR count). The highest BCUT2D eigenvalue weighted by molar-refractivity contribution is 4.64. The first-order valence-electron chi connectivity index (χ1n) is 5.26. The van der Waals surface area contributed by atoms with Gasteiger partial charge in [0.15, 0.2) is 0 Å². The summed E-state index contributed by atoms with van der Waals surface area (Å²) in [5, 5.41) is 12.0. The first-order valence-corrected chi connectivity index (χ1v) is 5.26. The maximum atomic E-state index is 8.78. The Kier molecular flexibility index (Phi) is 10.8. The molecule has 0 saturated carbocycles. The Labute approximate surface area is 86.6 Å². The van der Waals surface area contributed by atoms with Crippen molar-refractivity contribution in [3.63, 3.8) is 0 Å². The number of hydrogen-bond donors (Lipinski definition) is 2. The minimum Gasteiger partial charge on any atom is -0.396 e. The quantitative estimate of drug-likeness (QED) is 0.507. The van der Waals surface area contributed by atoms with Crippen LogP contribution in [0.25, 0.3) is 0 Å². The number of rotatable bonds is 10. The molecule has 1 unspecified atom stereocenters. The molecule has 2 N–H and O–H groups in total. The van der Waals surface area contributed by atoms with Crippen molar-refractivity contribution < 1.29 is 14.6 Å². The van der Waals surface area contributed by atoms with Gasteiger partial charge in [0.05, 0.1) is 13.2 Å². The van der Waals surface area contributed by atoms with Crippen LogP contribution in [0.2, 0.25) is 0 Å². The Morgan fingerprint density at radius 3 is 2.71 bits per heavy atom. The van der Waals surface area contributed by atoms with Crippen LogP contribution in [-0.4, -0.2) is 51.2 Å². The second kappa shape index (κ2) is 10.9. The van der Waals surface area contributed by atoms with Crippen LogP contribution in [0.1, 0.15) is 19.8 Å². The summed E-state index contributed by atoms with van der Waals surface area (Å²) in [5.41, 5.74) is 0. The zero-order valence-electron chi connectivity index (χ0n) is 9.29. The van der Waals surface area contributed by atoms with E-state index in [1.165, 1.54) is 0 Å². The number of hydrogen-bond acceptors (Lipinski definition) is 4. The Balaban J connectivity index is 3.30. The van der Waals surface area contributed by atoms with E-state index in [0.717, 1.165) is 32.6 Å². The van der Waals surface area contributed by atoms with Gasteiger partial charge in [-0.05, 0) is 12.8 Å². The van der Waals surface area contributed by atoms with Gasteiger partial charge in [0.25, 0.3) is 0 Å². The molecule has 0 radical (unpaired) electrons. The monoisotopic (exact) mass is 205 g/mol. The SMILES string of the molecule is CCCOCCNC(CCO)COC. The van der Waals surface area contributed by atoms with Gasteiger partial charge in [-0.2, -0.15) is 0 Å². The van der Waals surface area contributed by atoms with Crippen LogP contribution in [0.3, 0.4) is 0 Å². The average molecular weight is 205 g/mol. The van der Waals surface area contributed by atoms with Crippen LogP contribution in [0, 0.1) is 0 Å². The molecule has 0 bridgehead atoms. The van der Waals surface area contributed by atoms with Gasteiger partial charge >= 0.3 is 0 Å². The summed E-state index contributed by atoms with van der Waals surface area (Å²) in [6, 6.07) is 0.232. The molecule has 0 fully saturated rings. The normalized spacial score (nSPS) is 13.1. The molecule has 0 heterocycles. The molecule has 0 spiro atoms. The molecule has 4 nitrogen and oxygen atoms in total. The molecular weight excluding hydrogens is 182 g/mol. The standard InChI is InChI=1S/C10H23NO3/c1-3-7-14-8-5-11-10(4-6-12)9-13-2/h10-12H,3-9H2,1-2H3. The lowest BCUT2D eigenvalue weighted by Gasteiger charge is -2.16. The number of ether oxygens (including phenoxy) is 2. The van der Waals surface area contributed by atoms with Gasteiger partial charge in [-0.3, -0.25) is 0 Å². The van der Waals surface area contributed by atoms with E-state index in [2.05, 4.69) is 12.2 Å². The minimum atomic E-state index is 0.191. The van der Waals surface area contributed by atoms with E-state index >= 15 is 0 Å². The molecule has 0 aliphatic carbocycles. The van der Waals surface area contributed by atoms with E-state index in [1.54, 1.807) is 7.11 Å². The van der Waals surface area contributed by atoms with Gasteiger partial charge < -0.3 is 19.9 Å². The van der Waals surface area contributed by atoms with Gasteiger partial charge in [-0.15, -0.1) is 0 Å². The smallest absolute Gasteiger partial charge is 0.0616 e. The summed E-state index contributed by atoms with van der Waals surface area (Å²) in [7, 11) is 1.67. The van der Waals surface area contributed by atoms with E-state index < -0.39 is 0 Å². The Bertz CT molecular complexity index is 106. The Hall–Kier alpha value is -0.160. The number of methoxy groups -OCH3 is 1. The minimum absolute atomic E-state index is 0.191. The van der Waals surface area contributed by atoms with Crippen molar-refractivity contribution in [3.8, 4) is 0 Å². The number of aliphatic hydroxyl groups excluding tert-OH is 1. The van der Waals surface area contributed by atoms with E-state index in [0.29, 0.717) is 6.61 Å². The van der Waals surface area contributed by atoms with Crippen LogP contribution in [0.4, 0.5) is 0 Å². The van der Waals surface area contributed by atoms with Crippen molar-refractivity contribution in [2.75, 3.05) is 40.1 Å². The third-order valence-electron chi connectivity index (χ3n) is 1.87. The predicted molar refractivity (Wildman–Crippen MR) is 56.5 cm³/mol. The number of nitrogens with one attached hydrogen (secondary N) is 1. The highest BCUT2D eigenvalue weighted by Gasteiger charge is 2.05. The van der Waals surface area contributed by atoms with Crippen LogP contribution in [0.15, 0.2) is 0 Å². The molecule has 1 atom stereocenters. The summed E-state index contributed by atoms with van der Waals surface area (Å²) in [6.07, 6.45) is 1.78. The molecule has 0 saturated heterocycles. The lowest BCUT2D eigenvalue weighted by molar-refractivity contribution is 0.118. The van der Waals surface area contributed by atoms with Gasteiger partial charge in [0.1, 0.15) is 0 Å². The largest absolute Gasteiger partial charge is 0.396 e. The summed E-state index contributed by atoms with van der Waals surface area (Å²) in [6.45, 7) is 5.27. The molecule has 0 aromatic carbocycles. The maximum absolute atomic E-state index is 8.78. The summed E-state index contributed by atoms with van der Waals surface area (Å²) >= 11 is 0. The van der Waals surface area contributed by atoms with Crippen molar-refractivity contribution in [3.05, 3.63) is 0 Å². The van der Waals surface area contributed by atoms with Crippen molar-refractivity contribution in [1.82, 2.24) is 5.32 Å². The fourth-order valence-electron chi connectivity index (χ4n) is 1.18. The zero-order valence-corrected chi connectivity index (χ0v) is 9.29. The van der Waals surface area contributed by atoms with Gasteiger partial charge in [0.2, 0.25) is 0 Å². The Morgan fingerprint density at radius 1 is 1.36 bits per heavy atom. The molecule has 0 amide bonds. The zero-order chi connectivity index (χ0) is 10.6. The number of aliphatic hydroxyl groups is 1. The van der Waals surface area contributed by atoms with Gasteiger partial charge in [-0.1, -0.05) is 6.92 Å². The van der Waals surface area contributed by atoms with E-state index in [1.807, 2.05) is 0 Å². The highest BCUT2D eigenvalue weighted by Crippen LogP contribution is 1.91. The first kappa shape index (κ1) is 13.8. The third kappa shape index (κ3) is 8.44. The fraction of sp³-hybridized carbons (Fsp3) is 1.00. The highest BCUT2D eigenvalue weighted by atomic mass is 16.5. The van der Waals surface area contributed by atoms with E-state index in [4.69, 9.17) is 14.6 Å². The van der Waals surface area contributed by atoms with E-state index in [9.17, 15) is 0 Å². The molecule has 86 valence electrons. The Morgan fingerprint density at radius 2 is 2.14 bits per heavy atom. The second-order valence-corrected chi connectivity index (χ2v) is 3.23. The van der Waals surface area contributed by atoms with Crippen LogP contribution < -0.4 is 5.32 Å². The predicted octanol–water partition coefficient (Wildman–Crippen LogP) is 0.400. The molecule has 0 aliphatic heterocycles. The lowest BCUT2D eigenvalue weighted by atomic mass is 10.2. The van der Waals surface area contributed by atoms with E-state index in [-0.39, 0.29) is 12.6 Å². The summed E-state index contributed by atoms with van der Waals surface area (Å²) in [5.74, 6) is 0. The topological polar surface area (TPSA) is 50.7 Å². The summed E-state index contributed by atoms with van der Waals surface area (Å²) in [4.78, 5) is 0. The van der Waals surface area contributed by atoms with Crippen molar-refractivity contribution in [1.29, 1.82) is 0 Å². The van der Waals surface area contributed by atoms with Gasteiger partial charge in [0, 0.05) is 32.9 Å². The van der Waals surface area contributed by atoms with Crippen molar-refractivity contribution in [2.24, 2.45) is 0 Å². The molecule has 0 aromatic rings. The molecule has 14 heavy (non-hydrogen) atoms. The lowest BCUT2D eigenvalue weighted by Crippen LogP contribution is -2.36. The molecule has 0 aromatic heterocycles. The van der Waals surface area contributed by atoms with Crippen LogP contribution in [0.5, 0.6) is 0 Å². The maximum Gasteiger partial charge on any atom is 0.0616 e.